The molecule has 0 aromatic heterocycles. The Morgan fingerprint density at radius 2 is 1.57 bits per heavy atom. The third kappa shape index (κ3) is 3.49. The smallest absolute Gasteiger partial charge is 0.207 e. The fourth-order valence-electron chi connectivity index (χ4n) is 2.14. The zero-order valence-corrected chi connectivity index (χ0v) is 13.0. The summed E-state index contributed by atoms with van der Waals surface area (Å²) >= 11 is 0. The highest BCUT2D eigenvalue weighted by atomic mass is 32.2. The summed E-state index contributed by atoms with van der Waals surface area (Å²) in [5.41, 5.74) is 0.234. The summed E-state index contributed by atoms with van der Waals surface area (Å²) in [4.78, 5) is 0.164. The maximum atomic E-state index is 13.9. The highest BCUT2D eigenvalue weighted by molar-refractivity contribution is 7.89. The maximum absolute atomic E-state index is 13.9. The van der Waals surface area contributed by atoms with Crippen LogP contribution >= 0.6 is 0 Å². The molecule has 0 aliphatic carbocycles. The van der Waals surface area contributed by atoms with E-state index in [1.807, 2.05) is 6.92 Å². The summed E-state index contributed by atoms with van der Waals surface area (Å²) in [5.74, 6) is -0.436. The number of rotatable bonds is 4. The minimum absolute atomic E-state index is 0.164. The summed E-state index contributed by atoms with van der Waals surface area (Å²) in [6, 6.07) is 12.7. The molecule has 0 saturated carbocycles. The normalized spacial score (nSPS) is 12.4. The number of halogens is 1. The van der Waals surface area contributed by atoms with E-state index in [2.05, 4.69) is 4.72 Å². The lowest BCUT2D eigenvalue weighted by atomic mass is 9.95. The van der Waals surface area contributed by atoms with Gasteiger partial charge in [0, 0.05) is 5.56 Å². The van der Waals surface area contributed by atoms with E-state index in [0.717, 1.165) is 5.56 Å². The maximum Gasteiger partial charge on any atom is 0.241 e. The van der Waals surface area contributed by atoms with Gasteiger partial charge in [-0.15, -0.1) is 0 Å². The van der Waals surface area contributed by atoms with Crippen LogP contribution in [0.5, 0.6) is 0 Å². The molecule has 5 heteroatoms. The quantitative estimate of drug-likeness (QED) is 0.941. The highest BCUT2D eigenvalue weighted by Crippen LogP contribution is 2.25. The molecule has 0 aliphatic rings. The van der Waals surface area contributed by atoms with Gasteiger partial charge in [0.15, 0.2) is 0 Å². The van der Waals surface area contributed by atoms with E-state index in [1.165, 1.54) is 18.2 Å². The van der Waals surface area contributed by atoms with Crippen LogP contribution < -0.4 is 4.72 Å². The Hall–Kier alpha value is -1.72. The van der Waals surface area contributed by atoms with Gasteiger partial charge in [-0.2, -0.15) is 0 Å². The molecule has 1 N–H and O–H groups in total. The predicted molar refractivity (Wildman–Crippen MR) is 80.9 cm³/mol. The molecular weight excluding hydrogens is 289 g/mol. The van der Waals surface area contributed by atoms with Gasteiger partial charge in [0.2, 0.25) is 10.0 Å². The molecule has 0 fully saturated rings. The minimum Gasteiger partial charge on any atom is -0.207 e. The second-order valence-corrected chi connectivity index (χ2v) is 7.21. The van der Waals surface area contributed by atoms with Crippen molar-refractivity contribution in [3.8, 4) is 0 Å². The molecule has 0 bridgehead atoms. The SMILES string of the molecule is Cc1ccc(S(=O)(=O)NC(C)(C)c2ccccc2F)cc1. The third-order valence-corrected chi connectivity index (χ3v) is 4.94. The van der Waals surface area contributed by atoms with Crippen molar-refractivity contribution in [2.24, 2.45) is 0 Å². The lowest BCUT2D eigenvalue weighted by molar-refractivity contribution is 0.447. The van der Waals surface area contributed by atoms with Gasteiger partial charge in [-0.05, 0) is 39.0 Å². The van der Waals surface area contributed by atoms with Crippen molar-refractivity contribution in [1.82, 2.24) is 4.72 Å². The first-order chi connectivity index (χ1) is 9.72. The molecule has 0 spiro atoms. The second kappa shape index (κ2) is 5.58. The van der Waals surface area contributed by atoms with Crippen molar-refractivity contribution >= 4 is 10.0 Å². The zero-order chi connectivity index (χ0) is 15.7. The van der Waals surface area contributed by atoms with Crippen LogP contribution in [0.1, 0.15) is 25.0 Å². The molecule has 3 nitrogen and oxygen atoms in total. The second-order valence-electron chi connectivity index (χ2n) is 5.52. The van der Waals surface area contributed by atoms with Crippen LogP contribution in [0.15, 0.2) is 53.4 Å². The van der Waals surface area contributed by atoms with E-state index in [1.54, 1.807) is 44.2 Å². The van der Waals surface area contributed by atoms with Crippen LogP contribution in [0.25, 0.3) is 0 Å². The lowest BCUT2D eigenvalue weighted by Gasteiger charge is -2.27. The Kier molecular flexibility index (Phi) is 4.16. The van der Waals surface area contributed by atoms with Crippen LogP contribution in [-0.2, 0) is 15.6 Å². The molecule has 0 atom stereocenters. The Bertz CT molecular complexity index is 737. The van der Waals surface area contributed by atoms with Gasteiger partial charge in [-0.25, -0.2) is 17.5 Å². The summed E-state index contributed by atoms with van der Waals surface area (Å²) in [6.07, 6.45) is 0. The van der Waals surface area contributed by atoms with Crippen molar-refractivity contribution in [3.63, 3.8) is 0 Å². The first-order valence-electron chi connectivity index (χ1n) is 6.58. The molecule has 0 aliphatic heterocycles. The zero-order valence-electron chi connectivity index (χ0n) is 12.2. The molecule has 0 heterocycles. The fraction of sp³-hybridized carbons (Fsp3) is 0.250. The Labute approximate surface area is 124 Å². The van der Waals surface area contributed by atoms with E-state index in [9.17, 15) is 12.8 Å². The van der Waals surface area contributed by atoms with E-state index in [-0.39, 0.29) is 4.90 Å². The minimum atomic E-state index is -3.72. The van der Waals surface area contributed by atoms with Crippen LogP contribution in [0, 0.1) is 12.7 Å². The molecule has 21 heavy (non-hydrogen) atoms. The van der Waals surface area contributed by atoms with Gasteiger partial charge in [0.1, 0.15) is 5.82 Å². The van der Waals surface area contributed by atoms with E-state index in [4.69, 9.17) is 0 Å². The van der Waals surface area contributed by atoms with Crippen molar-refractivity contribution in [3.05, 3.63) is 65.5 Å². The Morgan fingerprint density at radius 1 is 1.00 bits per heavy atom. The topological polar surface area (TPSA) is 46.2 Å². The lowest BCUT2D eigenvalue weighted by Crippen LogP contribution is -2.41. The molecule has 0 amide bonds. The molecular formula is C16H18FNO2S. The first-order valence-corrected chi connectivity index (χ1v) is 8.06. The molecule has 2 rings (SSSR count). The first kappa shape index (κ1) is 15.7. The summed E-state index contributed by atoms with van der Waals surface area (Å²) in [6.45, 7) is 5.15. The van der Waals surface area contributed by atoms with E-state index < -0.39 is 21.4 Å². The van der Waals surface area contributed by atoms with Crippen molar-refractivity contribution in [1.29, 1.82) is 0 Å². The average molecular weight is 307 g/mol. The largest absolute Gasteiger partial charge is 0.241 e. The van der Waals surface area contributed by atoms with Crippen molar-refractivity contribution in [2.75, 3.05) is 0 Å². The predicted octanol–water partition coefficient (Wildman–Crippen LogP) is 3.35. The third-order valence-electron chi connectivity index (χ3n) is 3.27. The molecule has 0 saturated heterocycles. The number of aryl methyl sites for hydroxylation is 1. The molecule has 2 aromatic rings. The van der Waals surface area contributed by atoms with Gasteiger partial charge in [-0.3, -0.25) is 0 Å². The average Bonchev–Trinajstić information content (AvgIpc) is 2.38. The molecule has 0 unspecified atom stereocenters. The van der Waals surface area contributed by atoms with Crippen LogP contribution in [0.4, 0.5) is 4.39 Å². The fourth-order valence-corrected chi connectivity index (χ4v) is 3.53. The number of hydrogen-bond acceptors (Lipinski definition) is 2. The molecule has 112 valence electrons. The number of nitrogens with one attached hydrogen (secondary N) is 1. The van der Waals surface area contributed by atoms with Crippen LogP contribution in [0.2, 0.25) is 0 Å². The van der Waals surface area contributed by atoms with Gasteiger partial charge >= 0.3 is 0 Å². The highest BCUT2D eigenvalue weighted by Gasteiger charge is 2.29. The number of sulfonamides is 1. The standard InChI is InChI=1S/C16H18FNO2S/c1-12-8-10-13(11-9-12)21(19,20)18-16(2,3)14-6-4-5-7-15(14)17/h4-11,18H,1-3H3. The van der Waals surface area contributed by atoms with Crippen LogP contribution in [-0.4, -0.2) is 8.42 Å². The summed E-state index contributed by atoms with van der Waals surface area (Å²) < 4.78 is 41.3. The summed E-state index contributed by atoms with van der Waals surface area (Å²) in [7, 11) is -3.72. The molecule has 2 aromatic carbocycles. The van der Waals surface area contributed by atoms with Gasteiger partial charge in [0.25, 0.3) is 0 Å². The van der Waals surface area contributed by atoms with E-state index >= 15 is 0 Å². The summed E-state index contributed by atoms with van der Waals surface area (Å²) in [5, 5.41) is 0. The van der Waals surface area contributed by atoms with E-state index in [0.29, 0.717) is 5.56 Å². The monoisotopic (exact) mass is 307 g/mol. The molecule has 0 radical (unpaired) electrons. The number of benzene rings is 2. The van der Waals surface area contributed by atoms with Gasteiger partial charge in [-0.1, -0.05) is 35.9 Å². The van der Waals surface area contributed by atoms with Crippen molar-refractivity contribution < 1.29 is 12.8 Å². The van der Waals surface area contributed by atoms with Gasteiger partial charge in [0.05, 0.1) is 10.4 Å². The Morgan fingerprint density at radius 3 is 2.14 bits per heavy atom. The van der Waals surface area contributed by atoms with Crippen LogP contribution in [0.3, 0.4) is 0 Å². The van der Waals surface area contributed by atoms with Crippen molar-refractivity contribution in [2.45, 2.75) is 31.2 Å². The Balaban J connectivity index is 2.35. The number of hydrogen-bond donors (Lipinski definition) is 1. The van der Waals surface area contributed by atoms with Gasteiger partial charge < -0.3 is 0 Å².